The quantitative estimate of drug-likeness (QED) is 0.650. The molecule has 0 saturated heterocycles. The van der Waals surface area contributed by atoms with Crippen molar-refractivity contribution in [3.8, 4) is 11.4 Å². The van der Waals surface area contributed by atoms with Gasteiger partial charge in [-0.3, -0.25) is 4.90 Å². The number of nitrogens with zero attached hydrogens (tertiary/aromatic N) is 3. The molecule has 3 aromatic rings. The molecule has 2 heterocycles. The highest BCUT2D eigenvalue weighted by atomic mass is 19.1. The van der Waals surface area contributed by atoms with Gasteiger partial charge in [0.15, 0.2) is 0 Å². The molecule has 4 rings (SSSR count). The summed E-state index contributed by atoms with van der Waals surface area (Å²) in [5, 5.41) is 0. The van der Waals surface area contributed by atoms with Crippen molar-refractivity contribution in [3.63, 3.8) is 0 Å². The fraction of sp³-hybridized carbons (Fsp3) is 0.273. The van der Waals surface area contributed by atoms with Gasteiger partial charge in [-0.05, 0) is 35.9 Å². The molecule has 1 aliphatic heterocycles. The van der Waals surface area contributed by atoms with E-state index in [1.807, 2.05) is 25.2 Å². The normalized spacial score (nSPS) is 14.0. The van der Waals surface area contributed by atoms with Crippen molar-refractivity contribution < 1.29 is 13.9 Å². The number of rotatable bonds is 4. The highest BCUT2D eigenvalue weighted by molar-refractivity contribution is 5.90. The Morgan fingerprint density at radius 2 is 1.93 bits per heavy atom. The number of hydrogen-bond donors (Lipinski definition) is 0. The highest BCUT2D eigenvalue weighted by Gasteiger charge is 2.24. The molecule has 2 aromatic carbocycles. The zero-order valence-corrected chi connectivity index (χ0v) is 16.0. The van der Waals surface area contributed by atoms with Crippen molar-refractivity contribution in [2.24, 2.45) is 7.05 Å². The van der Waals surface area contributed by atoms with E-state index in [-0.39, 0.29) is 11.8 Å². The maximum Gasteiger partial charge on any atom is 0.338 e. The average Bonchev–Trinajstić information content (AvgIpc) is 3.04. The van der Waals surface area contributed by atoms with Crippen LogP contribution in [0.4, 0.5) is 4.39 Å². The van der Waals surface area contributed by atoms with Crippen LogP contribution in [0.25, 0.3) is 11.4 Å². The fourth-order valence-corrected chi connectivity index (χ4v) is 3.74. The van der Waals surface area contributed by atoms with Gasteiger partial charge in [0.1, 0.15) is 11.6 Å². The first-order valence-electron chi connectivity index (χ1n) is 9.26. The van der Waals surface area contributed by atoms with Gasteiger partial charge in [-0.2, -0.15) is 0 Å². The lowest BCUT2D eigenvalue weighted by molar-refractivity contribution is 0.0598. The molecule has 1 aliphatic rings. The molecule has 6 heteroatoms. The molecule has 0 aliphatic carbocycles. The Hall–Kier alpha value is -2.99. The van der Waals surface area contributed by atoms with Crippen LogP contribution in [-0.2, 0) is 31.3 Å². The molecule has 0 spiro atoms. The molecule has 0 saturated carbocycles. The summed E-state index contributed by atoms with van der Waals surface area (Å²) in [6, 6.07) is 14.0. The van der Waals surface area contributed by atoms with Gasteiger partial charge >= 0.3 is 5.97 Å². The molecule has 0 radical (unpaired) electrons. The Balaban J connectivity index is 1.58. The topological polar surface area (TPSA) is 47.4 Å². The summed E-state index contributed by atoms with van der Waals surface area (Å²) in [7, 11) is 3.40. The molecule has 0 fully saturated rings. The Labute approximate surface area is 163 Å². The number of carbonyl (C=O) groups excluding carboxylic acids is 1. The molecule has 0 amide bonds. The summed E-state index contributed by atoms with van der Waals surface area (Å²) in [4.78, 5) is 19.1. The zero-order chi connectivity index (χ0) is 19.7. The van der Waals surface area contributed by atoms with Gasteiger partial charge in [0.25, 0.3) is 0 Å². The lowest BCUT2D eigenvalue weighted by Crippen LogP contribution is -2.31. The van der Waals surface area contributed by atoms with Crippen molar-refractivity contribution in [3.05, 3.63) is 76.9 Å². The monoisotopic (exact) mass is 379 g/mol. The number of methoxy groups -OCH3 is 1. The average molecular weight is 379 g/mol. The molecular formula is C22H22FN3O2. The molecule has 144 valence electrons. The number of halogens is 1. The number of imidazole rings is 1. The maximum absolute atomic E-state index is 13.2. The van der Waals surface area contributed by atoms with Gasteiger partial charge in [0.05, 0.1) is 24.1 Å². The fourth-order valence-electron chi connectivity index (χ4n) is 3.74. The van der Waals surface area contributed by atoms with Crippen LogP contribution in [0.5, 0.6) is 0 Å². The smallest absolute Gasteiger partial charge is 0.338 e. The second-order valence-electron chi connectivity index (χ2n) is 7.00. The van der Waals surface area contributed by atoms with E-state index in [0.29, 0.717) is 12.1 Å². The maximum atomic E-state index is 13.2. The summed E-state index contributed by atoms with van der Waals surface area (Å²) >= 11 is 0. The largest absolute Gasteiger partial charge is 0.465 e. The van der Waals surface area contributed by atoms with Crippen molar-refractivity contribution in [1.82, 2.24) is 14.5 Å². The third-order valence-electron chi connectivity index (χ3n) is 5.25. The van der Waals surface area contributed by atoms with E-state index in [0.717, 1.165) is 47.8 Å². The second-order valence-corrected chi connectivity index (χ2v) is 7.00. The molecule has 0 N–H and O–H groups in total. The van der Waals surface area contributed by atoms with Crippen LogP contribution >= 0.6 is 0 Å². The zero-order valence-electron chi connectivity index (χ0n) is 16.0. The molecule has 28 heavy (non-hydrogen) atoms. The van der Waals surface area contributed by atoms with Crippen LogP contribution in [0.3, 0.4) is 0 Å². The number of ether oxygens (including phenoxy) is 1. The Kier molecular flexibility index (Phi) is 4.96. The Morgan fingerprint density at radius 3 is 2.68 bits per heavy atom. The number of esters is 1. The predicted octanol–water partition coefficient (Wildman–Crippen LogP) is 3.57. The summed E-state index contributed by atoms with van der Waals surface area (Å²) in [5.74, 6) is 0.285. The summed E-state index contributed by atoms with van der Waals surface area (Å²) in [6.07, 6.45) is 0.838. The van der Waals surface area contributed by atoms with Crippen molar-refractivity contribution in [2.75, 3.05) is 13.7 Å². The van der Waals surface area contributed by atoms with Crippen molar-refractivity contribution in [2.45, 2.75) is 19.5 Å². The highest BCUT2D eigenvalue weighted by Crippen LogP contribution is 2.27. The van der Waals surface area contributed by atoms with Crippen LogP contribution in [0.15, 0.2) is 48.5 Å². The molecule has 0 atom stereocenters. The first-order chi connectivity index (χ1) is 13.6. The van der Waals surface area contributed by atoms with E-state index in [1.54, 1.807) is 18.2 Å². The number of aromatic nitrogens is 2. The third kappa shape index (κ3) is 3.43. The second kappa shape index (κ2) is 7.56. The third-order valence-corrected chi connectivity index (χ3v) is 5.25. The lowest BCUT2D eigenvalue weighted by Gasteiger charge is -2.27. The Bertz CT molecular complexity index is 1010. The van der Waals surface area contributed by atoms with Crippen LogP contribution in [0.2, 0.25) is 0 Å². The molecular weight excluding hydrogens is 357 g/mol. The molecule has 0 unspecified atom stereocenters. The lowest BCUT2D eigenvalue weighted by atomic mass is 10.1. The van der Waals surface area contributed by atoms with Gasteiger partial charge in [0, 0.05) is 38.7 Å². The standard InChI is InChI=1S/C22H22FN3O2/c1-25-20-14-26(13-16-5-3-4-6-18(16)22(27)28-2)12-11-19(20)24-21(25)15-7-9-17(23)10-8-15/h3-10H,11-14H2,1-2H3. The van der Waals surface area contributed by atoms with Crippen molar-refractivity contribution >= 4 is 5.97 Å². The van der Waals surface area contributed by atoms with Crippen LogP contribution < -0.4 is 0 Å². The summed E-state index contributed by atoms with van der Waals surface area (Å²) in [5.41, 5.74) is 4.70. The number of benzene rings is 2. The van der Waals surface area contributed by atoms with Gasteiger partial charge in [0.2, 0.25) is 0 Å². The number of carbonyl (C=O) groups is 1. The van der Waals surface area contributed by atoms with E-state index >= 15 is 0 Å². The van der Waals surface area contributed by atoms with Gasteiger partial charge < -0.3 is 9.30 Å². The van der Waals surface area contributed by atoms with Gasteiger partial charge in [-0.1, -0.05) is 18.2 Å². The Morgan fingerprint density at radius 1 is 1.18 bits per heavy atom. The van der Waals surface area contributed by atoms with E-state index < -0.39 is 0 Å². The van der Waals surface area contributed by atoms with E-state index in [2.05, 4.69) is 9.47 Å². The van der Waals surface area contributed by atoms with Gasteiger partial charge in [-0.25, -0.2) is 14.2 Å². The molecule has 0 bridgehead atoms. The summed E-state index contributed by atoms with van der Waals surface area (Å²) in [6.45, 7) is 2.28. The minimum Gasteiger partial charge on any atom is -0.465 e. The molecule has 5 nitrogen and oxygen atoms in total. The van der Waals surface area contributed by atoms with Crippen LogP contribution in [-0.4, -0.2) is 34.1 Å². The van der Waals surface area contributed by atoms with E-state index in [9.17, 15) is 9.18 Å². The van der Waals surface area contributed by atoms with Crippen LogP contribution in [0, 0.1) is 5.82 Å². The van der Waals surface area contributed by atoms with E-state index in [1.165, 1.54) is 19.2 Å². The number of hydrogen-bond acceptors (Lipinski definition) is 4. The number of fused-ring (bicyclic) bond motifs is 1. The SMILES string of the molecule is COC(=O)c1ccccc1CN1CCc2nc(-c3ccc(F)cc3)n(C)c2C1. The van der Waals surface area contributed by atoms with Crippen molar-refractivity contribution in [1.29, 1.82) is 0 Å². The predicted molar refractivity (Wildman–Crippen MR) is 104 cm³/mol. The minimum atomic E-state index is -0.313. The first kappa shape index (κ1) is 18.4. The van der Waals surface area contributed by atoms with Gasteiger partial charge in [-0.15, -0.1) is 0 Å². The first-order valence-corrected chi connectivity index (χ1v) is 9.26. The van der Waals surface area contributed by atoms with Crippen LogP contribution in [0.1, 0.15) is 27.3 Å². The summed E-state index contributed by atoms with van der Waals surface area (Å²) < 4.78 is 20.2. The van der Waals surface area contributed by atoms with E-state index in [4.69, 9.17) is 9.72 Å². The molecule has 1 aromatic heterocycles. The minimum absolute atomic E-state index is 0.252.